The highest BCUT2D eigenvalue weighted by atomic mass is 16.2. The molecule has 0 aromatic carbocycles. The van der Waals surface area contributed by atoms with Crippen molar-refractivity contribution >= 4 is 5.91 Å². The second-order valence-electron chi connectivity index (χ2n) is 7.55. The number of amides is 1. The van der Waals surface area contributed by atoms with Gasteiger partial charge in [-0.15, -0.1) is 0 Å². The van der Waals surface area contributed by atoms with Crippen LogP contribution in [0, 0.1) is 11.8 Å². The highest BCUT2D eigenvalue weighted by Gasteiger charge is 2.26. The van der Waals surface area contributed by atoms with Crippen LogP contribution in [0.5, 0.6) is 0 Å². The van der Waals surface area contributed by atoms with Crippen LogP contribution in [0.3, 0.4) is 0 Å². The average Bonchev–Trinajstić information content (AvgIpc) is 3.20. The molecule has 0 spiro atoms. The van der Waals surface area contributed by atoms with Crippen LogP contribution in [0.2, 0.25) is 0 Å². The third-order valence-electron chi connectivity index (χ3n) is 5.72. The van der Waals surface area contributed by atoms with Gasteiger partial charge in [0.25, 0.3) is 0 Å². The smallest absolute Gasteiger partial charge is 0.222 e. The number of nitrogens with one attached hydrogen (secondary N) is 1. The fourth-order valence-corrected chi connectivity index (χ4v) is 3.99. The van der Waals surface area contributed by atoms with Crippen molar-refractivity contribution < 1.29 is 4.79 Å². The van der Waals surface area contributed by atoms with Gasteiger partial charge in [0.15, 0.2) is 0 Å². The Hall–Kier alpha value is -0.570. The molecule has 3 aliphatic rings. The number of piperidine rings is 1. The molecule has 120 valence electrons. The van der Waals surface area contributed by atoms with Crippen molar-refractivity contribution in [3.63, 3.8) is 0 Å². The maximum Gasteiger partial charge on any atom is 0.222 e. The molecule has 0 unspecified atom stereocenters. The molecule has 0 aromatic rings. The van der Waals surface area contributed by atoms with Gasteiger partial charge >= 0.3 is 0 Å². The van der Waals surface area contributed by atoms with Gasteiger partial charge in [0.1, 0.15) is 0 Å². The molecule has 1 aliphatic heterocycles. The van der Waals surface area contributed by atoms with Gasteiger partial charge in [-0.2, -0.15) is 0 Å². The van der Waals surface area contributed by atoms with E-state index in [9.17, 15) is 4.79 Å². The lowest BCUT2D eigenvalue weighted by molar-refractivity contribution is -0.132. The van der Waals surface area contributed by atoms with Crippen LogP contribution in [-0.2, 0) is 4.79 Å². The number of likely N-dealkylation sites (tertiary alicyclic amines) is 1. The Balaban J connectivity index is 1.26. The number of hydrogen-bond acceptors (Lipinski definition) is 2. The summed E-state index contributed by atoms with van der Waals surface area (Å²) < 4.78 is 0. The first-order valence-corrected chi connectivity index (χ1v) is 9.32. The number of nitrogens with zero attached hydrogens (tertiary/aromatic N) is 1. The molecule has 21 heavy (non-hydrogen) atoms. The Morgan fingerprint density at radius 1 is 0.952 bits per heavy atom. The molecule has 1 N–H and O–H groups in total. The number of hydrogen-bond donors (Lipinski definition) is 1. The zero-order chi connectivity index (χ0) is 14.5. The molecule has 2 aliphatic carbocycles. The summed E-state index contributed by atoms with van der Waals surface area (Å²) in [4.78, 5) is 14.4. The second kappa shape index (κ2) is 7.62. The van der Waals surface area contributed by atoms with Crippen molar-refractivity contribution in [1.82, 2.24) is 10.2 Å². The van der Waals surface area contributed by atoms with Crippen LogP contribution < -0.4 is 5.32 Å². The molecule has 0 radical (unpaired) electrons. The number of carbonyl (C=O) groups excluding carboxylic acids is 1. The Morgan fingerprint density at radius 3 is 2.33 bits per heavy atom. The highest BCUT2D eigenvalue weighted by molar-refractivity contribution is 5.76. The summed E-state index contributed by atoms with van der Waals surface area (Å²) in [5.41, 5.74) is 0. The Labute approximate surface area is 129 Å². The van der Waals surface area contributed by atoms with Crippen molar-refractivity contribution in [2.45, 2.75) is 76.7 Å². The Morgan fingerprint density at radius 2 is 1.67 bits per heavy atom. The molecule has 0 bridgehead atoms. The van der Waals surface area contributed by atoms with E-state index in [1.807, 2.05) is 0 Å². The summed E-state index contributed by atoms with van der Waals surface area (Å²) in [6.07, 6.45) is 14.0. The molecule has 1 heterocycles. The Kier molecular flexibility index (Phi) is 5.56. The molecule has 3 heteroatoms. The Bertz CT molecular complexity index is 326. The molecule has 0 atom stereocenters. The minimum Gasteiger partial charge on any atom is -0.343 e. The first-order valence-electron chi connectivity index (χ1n) is 9.32. The predicted molar refractivity (Wildman–Crippen MR) is 86.1 cm³/mol. The number of rotatable bonds is 7. The van der Waals surface area contributed by atoms with Crippen molar-refractivity contribution in [1.29, 1.82) is 0 Å². The van der Waals surface area contributed by atoms with E-state index in [4.69, 9.17) is 0 Å². The standard InChI is InChI=1S/C18H32N2O/c21-18(7-3-6-15-4-1-2-5-15)20-12-10-17(11-13-20)19-14-16-8-9-16/h15-17,19H,1-14H2. The molecule has 3 rings (SSSR count). The first-order chi connectivity index (χ1) is 10.3. The van der Waals surface area contributed by atoms with E-state index >= 15 is 0 Å². The normalized spacial score (nSPS) is 24.7. The topological polar surface area (TPSA) is 32.3 Å². The average molecular weight is 292 g/mol. The maximum atomic E-state index is 12.3. The van der Waals surface area contributed by atoms with Crippen molar-refractivity contribution in [3.05, 3.63) is 0 Å². The van der Waals surface area contributed by atoms with E-state index in [0.29, 0.717) is 11.9 Å². The van der Waals surface area contributed by atoms with E-state index in [-0.39, 0.29) is 0 Å². The largest absolute Gasteiger partial charge is 0.343 e. The lowest BCUT2D eigenvalue weighted by Gasteiger charge is -2.32. The van der Waals surface area contributed by atoms with Gasteiger partial charge in [0.2, 0.25) is 5.91 Å². The summed E-state index contributed by atoms with van der Waals surface area (Å²) in [7, 11) is 0. The molecule has 2 saturated carbocycles. The fraction of sp³-hybridized carbons (Fsp3) is 0.944. The van der Waals surface area contributed by atoms with Crippen LogP contribution in [0.1, 0.15) is 70.6 Å². The summed E-state index contributed by atoms with van der Waals surface area (Å²) >= 11 is 0. The summed E-state index contributed by atoms with van der Waals surface area (Å²) in [5, 5.41) is 3.69. The van der Waals surface area contributed by atoms with Crippen LogP contribution >= 0.6 is 0 Å². The fourth-order valence-electron chi connectivity index (χ4n) is 3.99. The van der Waals surface area contributed by atoms with Gasteiger partial charge in [-0.25, -0.2) is 0 Å². The van der Waals surface area contributed by atoms with Crippen molar-refractivity contribution in [2.24, 2.45) is 11.8 Å². The van der Waals surface area contributed by atoms with Gasteiger partial charge < -0.3 is 10.2 Å². The molecular formula is C18H32N2O. The summed E-state index contributed by atoms with van der Waals surface area (Å²) in [6.45, 7) is 3.16. The van der Waals surface area contributed by atoms with Crippen molar-refractivity contribution in [3.8, 4) is 0 Å². The van der Waals surface area contributed by atoms with E-state index in [0.717, 1.165) is 50.6 Å². The van der Waals surface area contributed by atoms with Gasteiger partial charge in [-0.3, -0.25) is 4.79 Å². The van der Waals surface area contributed by atoms with E-state index < -0.39 is 0 Å². The molecule has 3 fully saturated rings. The van der Waals surface area contributed by atoms with Gasteiger partial charge in [0.05, 0.1) is 0 Å². The monoisotopic (exact) mass is 292 g/mol. The number of carbonyl (C=O) groups is 1. The van der Waals surface area contributed by atoms with E-state index in [2.05, 4.69) is 10.2 Å². The molecule has 1 amide bonds. The molecular weight excluding hydrogens is 260 g/mol. The van der Waals surface area contributed by atoms with Gasteiger partial charge in [-0.05, 0) is 56.9 Å². The SMILES string of the molecule is O=C(CCCC1CCCC1)N1CCC(NCC2CC2)CC1. The highest BCUT2D eigenvalue weighted by Crippen LogP contribution is 2.29. The molecule has 3 nitrogen and oxygen atoms in total. The second-order valence-corrected chi connectivity index (χ2v) is 7.55. The molecule has 0 aromatic heterocycles. The van der Waals surface area contributed by atoms with Gasteiger partial charge in [-0.1, -0.05) is 25.7 Å². The summed E-state index contributed by atoms with van der Waals surface area (Å²) in [6, 6.07) is 0.660. The molecule has 1 saturated heterocycles. The van der Waals surface area contributed by atoms with Gasteiger partial charge in [0, 0.05) is 25.6 Å². The maximum absolute atomic E-state index is 12.3. The van der Waals surface area contributed by atoms with Crippen LogP contribution in [0.15, 0.2) is 0 Å². The van der Waals surface area contributed by atoms with Crippen LogP contribution in [0.25, 0.3) is 0 Å². The third kappa shape index (κ3) is 4.98. The minimum atomic E-state index is 0.411. The van der Waals surface area contributed by atoms with Crippen LogP contribution in [0.4, 0.5) is 0 Å². The quantitative estimate of drug-likeness (QED) is 0.780. The zero-order valence-electron chi connectivity index (χ0n) is 13.5. The lowest BCUT2D eigenvalue weighted by Crippen LogP contribution is -2.45. The lowest BCUT2D eigenvalue weighted by atomic mass is 9.99. The van der Waals surface area contributed by atoms with Crippen molar-refractivity contribution in [2.75, 3.05) is 19.6 Å². The third-order valence-corrected chi connectivity index (χ3v) is 5.72. The van der Waals surface area contributed by atoms with E-state index in [1.54, 1.807) is 0 Å². The zero-order valence-corrected chi connectivity index (χ0v) is 13.5. The first kappa shape index (κ1) is 15.3. The minimum absolute atomic E-state index is 0.411. The summed E-state index contributed by atoms with van der Waals surface area (Å²) in [5.74, 6) is 2.30. The van der Waals surface area contributed by atoms with E-state index in [1.165, 1.54) is 51.5 Å². The van der Waals surface area contributed by atoms with Crippen LogP contribution in [-0.4, -0.2) is 36.5 Å². The predicted octanol–water partition coefficient (Wildman–Crippen LogP) is 3.34.